The van der Waals surface area contributed by atoms with Crippen LogP contribution in [0.2, 0.25) is 0 Å². The maximum Gasteiger partial charge on any atom is 0.178 e. The first kappa shape index (κ1) is 13.6. The van der Waals surface area contributed by atoms with Crippen molar-refractivity contribution >= 4 is 23.3 Å². The number of imidazole rings is 1. The highest BCUT2D eigenvalue weighted by Crippen LogP contribution is 2.26. The molecule has 20 heavy (non-hydrogen) atoms. The third-order valence-electron chi connectivity index (χ3n) is 4.05. The van der Waals surface area contributed by atoms with Crippen LogP contribution in [0, 0.1) is 11.7 Å². The minimum atomic E-state index is 0.843. The van der Waals surface area contributed by atoms with E-state index in [9.17, 15) is 0 Å². The molecular formula is C16H21N3S. The van der Waals surface area contributed by atoms with Crippen molar-refractivity contribution in [1.82, 2.24) is 14.5 Å². The van der Waals surface area contributed by atoms with Crippen molar-refractivity contribution in [3.8, 4) is 0 Å². The number of aryl methyl sites for hydroxylation is 1. The molecule has 0 aliphatic carbocycles. The van der Waals surface area contributed by atoms with Gasteiger partial charge in [-0.2, -0.15) is 0 Å². The standard InChI is InChI=1S/C16H21N3S/c1-11(2)6-7-18-8-9-19-15-13(10-18)12(3)4-5-14(15)17-16(19)20/h4-6H,7-10H2,1-3H3,(H,17,20). The van der Waals surface area contributed by atoms with Crippen LogP contribution in [0.15, 0.2) is 23.8 Å². The first-order chi connectivity index (χ1) is 9.56. The van der Waals surface area contributed by atoms with Gasteiger partial charge < -0.3 is 9.55 Å². The Morgan fingerprint density at radius 2 is 2.15 bits per heavy atom. The van der Waals surface area contributed by atoms with E-state index in [1.165, 1.54) is 27.7 Å². The Hall–Kier alpha value is -1.39. The quantitative estimate of drug-likeness (QED) is 0.671. The molecule has 3 nitrogen and oxygen atoms in total. The van der Waals surface area contributed by atoms with Crippen molar-refractivity contribution in [2.75, 3.05) is 13.1 Å². The Labute approximate surface area is 124 Å². The van der Waals surface area contributed by atoms with E-state index < -0.39 is 0 Å². The summed E-state index contributed by atoms with van der Waals surface area (Å²) in [5.74, 6) is 0. The number of hydrogen-bond acceptors (Lipinski definition) is 2. The molecule has 1 aliphatic rings. The number of allylic oxidation sites excluding steroid dienone is 1. The van der Waals surface area contributed by atoms with E-state index in [-0.39, 0.29) is 0 Å². The van der Waals surface area contributed by atoms with Crippen LogP contribution in [0.25, 0.3) is 11.0 Å². The molecule has 0 atom stereocenters. The summed E-state index contributed by atoms with van der Waals surface area (Å²) in [5, 5.41) is 0. The summed E-state index contributed by atoms with van der Waals surface area (Å²) in [6.07, 6.45) is 2.30. The lowest BCUT2D eigenvalue weighted by atomic mass is 10.1. The van der Waals surface area contributed by atoms with Gasteiger partial charge in [-0.25, -0.2) is 0 Å². The van der Waals surface area contributed by atoms with Gasteiger partial charge in [-0.15, -0.1) is 0 Å². The fourth-order valence-electron chi connectivity index (χ4n) is 2.86. The smallest absolute Gasteiger partial charge is 0.178 e. The van der Waals surface area contributed by atoms with Gasteiger partial charge in [-0.05, 0) is 50.2 Å². The topological polar surface area (TPSA) is 24.0 Å². The average Bonchev–Trinajstić information content (AvgIpc) is 2.59. The van der Waals surface area contributed by atoms with Gasteiger partial charge in [-0.3, -0.25) is 4.90 Å². The molecule has 2 heterocycles. The second-order valence-corrected chi connectivity index (χ2v) is 6.24. The Bertz CT molecular complexity index is 732. The molecule has 0 spiro atoms. The lowest BCUT2D eigenvalue weighted by Crippen LogP contribution is -2.25. The van der Waals surface area contributed by atoms with Crippen LogP contribution in [0.1, 0.15) is 25.0 Å². The number of aromatic amines is 1. The van der Waals surface area contributed by atoms with E-state index in [2.05, 4.69) is 53.4 Å². The molecule has 2 aromatic rings. The molecule has 0 saturated heterocycles. The normalized spacial score (nSPS) is 15.3. The van der Waals surface area contributed by atoms with Crippen molar-refractivity contribution in [2.24, 2.45) is 0 Å². The molecule has 0 bridgehead atoms. The molecule has 1 aliphatic heterocycles. The van der Waals surface area contributed by atoms with Crippen LogP contribution < -0.4 is 0 Å². The van der Waals surface area contributed by atoms with Gasteiger partial charge in [-0.1, -0.05) is 17.7 Å². The molecule has 1 aromatic heterocycles. The number of aromatic nitrogens is 2. The number of H-pyrrole nitrogens is 1. The molecule has 3 rings (SSSR count). The van der Waals surface area contributed by atoms with Gasteiger partial charge in [0.15, 0.2) is 4.77 Å². The number of nitrogens with one attached hydrogen (secondary N) is 1. The lowest BCUT2D eigenvalue weighted by Gasteiger charge is -2.19. The molecule has 0 unspecified atom stereocenters. The summed E-state index contributed by atoms with van der Waals surface area (Å²) in [6, 6.07) is 4.34. The Morgan fingerprint density at radius 1 is 1.35 bits per heavy atom. The fraction of sp³-hybridized carbons (Fsp3) is 0.438. The summed E-state index contributed by atoms with van der Waals surface area (Å²) in [5.41, 5.74) is 6.61. The zero-order valence-electron chi connectivity index (χ0n) is 12.4. The summed E-state index contributed by atoms with van der Waals surface area (Å²) in [7, 11) is 0. The van der Waals surface area contributed by atoms with E-state index >= 15 is 0 Å². The predicted molar refractivity (Wildman–Crippen MR) is 86.6 cm³/mol. The maximum atomic E-state index is 5.47. The van der Waals surface area contributed by atoms with Gasteiger partial charge in [0.25, 0.3) is 0 Å². The van der Waals surface area contributed by atoms with E-state index in [1.54, 1.807) is 0 Å². The van der Waals surface area contributed by atoms with Crippen LogP contribution in [-0.4, -0.2) is 27.5 Å². The van der Waals surface area contributed by atoms with Crippen molar-refractivity contribution in [3.05, 3.63) is 39.7 Å². The Balaban J connectivity index is 2.07. The second-order valence-electron chi connectivity index (χ2n) is 5.86. The molecular weight excluding hydrogens is 266 g/mol. The van der Waals surface area contributed by atoms with Gasteiger partial charge in [0, 0.05) is 26.2 Å². The third kappa shape index (κ3) is 2.34. The predicted octanol–water partition coefficient (Wildman–Crippen LogP) is 3.79. The highest BCUT2D eigenvalue weighted by atomic mass is 32.1. The minimum Gasteiger partial charge on any atom is -0.331 e. The SMILES string of the molecule is CC(C)=CCN1CCn2c(=S)[nH]c3ccc(C)c(c32)C1. The Morgan fingerprint density at radius 3 is 2.90 bits per heavy atom. The van der Waals surface area contributed by atoms with Crippen LogP contribution in [0.3, 0.4) is 0 Å². The van der Waals surface area contributed by atoms with Crippen molar-refractivity contribution < 1.29 is 0 Å². The largest absolute Gasteiger partial charge is 0.331 e. The summed E-state index contributed by atoms with van der Waals surface area (Å²) in [6.45, 7) is 10.5. The average molecular weight is 287 g/mol. The van der Waals surface area contributed by atoms with E-state index in [0.717, 1.165) is 31.0 Å². The molecule has 0 radical (unpaired) electrons. The van der Waals surface area contributed by atoms with Gasteiger partial charge in [0.1, 0.15) is 0 Å². The minimum absolute atomic E-state index is 0.843. The van der Waals surface area contributed by atoms with E-state index in [4.69, 9.17) is 12.2 Å². The summed E-state index contributed by atoms with van der Waals surface area (Å²) >= 11 is 5.47. The molecule has 0 amide bonds. The molecule has 0 saturated carbocycles. The first-order valence-corrected chi connectivity index (χ1v) is 7.54. The van der Waals surface area contributed by atoms with Crippen molar-refractivity contribution in [1.29, 1.82) is 0 Å². The van der Waals surface area contributed by atoms with Crippen LogP contribution >= 0.6 is 12.2 Å². The second kappa shape index (κ2) is 5.19. The number of hydrogen-bond donors (Lipinski definition) is 1. The maximum absolute atomic E-state index is 5.47. The van der Waals surface area contributed by atoms with Gasteiger partial charge >= 0.3 is 0 Å². The molecule has 106 valence electrons. The molecule has 1 N–H and O–H groups in total. The van der Waals surface area contributed by atoms with E-state index in [1.807, 2.05) is 0 Å². The summed E-state index contributed by atoms with van der Waals surface area (Å²) in [4.78, 5) is 5.82. The van der Waals surface area contributed by atoms with E-state index in [0.29, 0.717) is 0 Å². The van der Waals surface area contributed by atoms with Crippen LogP contribution in [-0.2, 0) is 13.1 Å². The Kier molecular flexibility index (Phi) is 3.52. The molecule has 0 fully saturated rings. The molecule has 4 heteroatoms. The molecule has 1 aromatic carbocycles. The zero-order chi connectivity index (χ0) is 14.3. The van der Waals surface area contributed by atoms with Crippen molar-refractivity contribution in [2.45, 2.75) is 33.9 Å². The third-order valence-corrected chi connectivity index (χ3v) is 4.38. The van der Waals surface area contributed by atoms with Gasteiger partial charge in [0.05, 0.1) is 11.0 Å². The number of rotatable bonds is 2. The highest BCUT2D eigenvalue weighted by Gasteiger charge is 2.18. The van der Waals surface area contributed by atoms with Gasteiger partial charge in [0.2, 0.25) is 0 Å². The number of nitrogens with zero attached hydrogens (tertiary/aromatic N) is 2. The fourth-order valence-corrected chi connectivity index (χ4v) is 3.15. The highest BCUT2D eigenvalue weighted by molar-refractivity contribution is 7.71. The lowest BCUT2D eigenvalue weighted by molar-refractivity contribution is 0.289. The zero-order valence-corrected chi connectivity index (χ0v) is 13.2. The van der Waals surface area contributed by atoms with Crippen LogP contribution in [0.4, 0.5) is 0 Å². The number of benzene rings is 1. The van der Waals surface area contributed by atoms with Crippen molar-refractivity contribution in [3.63, 3.8) is 0 Å². The monoisotopic (exact) mass is 287 g/mol. The van der Waals surface area contributed by atoms with Crippen LogP contribution in [0.5, 0.6) is 0 Å². The first-order valence-electron chi connectivity index (χ1n) is 7.13. The summed E-state index contributed by atoms with van der Waals surface area (Å²) < 4.78 is 3.10.